The van der Waals surface area contributed by atoms with Crippen LogP contribution in [0.3, 0.4) is 0 Å². The molecule has 1 fully saturated rings. The molecule has 30 heavy (non-hydrogen) atoms. The summed E-state index contributed by atoms with van der Waals surface area (Å²) in [5.41, 5.74) is 0.906. The summed E-state index contributed by atoms with van der Waals surface area (Å²) in [5.74, 6) is 0.464. The van der Waals surface area contributed by atoms with Gasteiger partial charge in [0.25, 0.3) is 0 Å². The zero-order chi connectivity index (χ0) is 21.7. The van der Waals surface area contributed by atoms with E-state index in [2.05, 4.69) is 6.92 Å². The van der Waals surface area contributed by atoms with E-state index in [1.165, 1.54) is 6.08 Å². The number of ether oxygens (including phenoxy) is 4. The van der Waals surface area contributed by atoms with E-state index in [0.29, 0.717) is 13.2 Å². The van der Waals surface area contributed by atoms with Gasteiger partial charge in [-0.2, -0.15) is 0 Å². The standard InChI is InChI=1S/C22H30N2O5S/c1-6-27-18(25)12-11-17-14(2)20(19-21(29-17)30-22(23-19)24(3)4)28-13-15-7-9-16(26-5)10-8-15/h7-12,14,17,19-21H,6,13H2,1-5H3/b12-11+/t14-,17-,19-,20+,21-/m1/s1. The third kappa shape index (κ3) is 5.36. The molecule has 2 aliphatic rings. The summed E-state index contributed by atoms with van der Waals surface area (Å²) in [6.07, 6.45) is 2.81. The van der Waals surface area contributed by atoms with Gasteiger partial charge in [-0.25, -0.2) is 4.79 Å². The molecule has 1 aromatic rings. The van der Waals surface area contributed by atoms with Crippen molar-refractivity contribution in [3.63, 3.8) is 0 Å². The molecule has 8 heteroatoms. The highest BCUT2D eigenvalue weighted by atomic mass is 32.2. The number of rotatable bonds is 7. The van der Waals surface area contributed by atoms with E-state index in [1.807, 2.05) is 43.3 Å². The molecule has 1 saturated heterocycles. The van der Waals surface area contributed by atoms with Gasteiger partial charge in [-0.05, 0) is 30.7 Å². The number of thioether (sulfide) groups is 1. The number of nitrogens with zero attached hydrogens (tertiary/aromatic N) is 2. The predicted octanol–water partition coefficient (Wildman–Crippen LogP) is 3.09. The van der Waals surface area contributed by atoms with Gasteiger partial charge in [0.15, 0.2) is 5.17 Å². The van der Waals surface area contributed by atoms with Crippen molar-refractivity contribution in [1.82, 2.24) is 4.90 Å². The second-order valence-electron chi connectivity index (χ2n) is 7.48. The molecule has 2 aliphatic heterocycles. The Labute approximate surface area is 182 Å². The lowest BCUT2D eigenvalue weighted by molar-refractivity contribution is -0.137. The monoisotopic (exact) mass is 434 g/mol. The first-order valence-corrected chi connectivity index (χ1v) is 11.0. The van der Waals surface area contributed by atoms with Gasteiger partial charge in [0.2, 0.25) is 0 Å². The van der Waals surface area contributed by atoms with E-state index in [1.54, 1.807) is 31.9 Å². The number of fused-ring (bicyclic) bond motifs is 1. The molecule has 3 rings (SSSR count). The molecular weight excluding hydrogens is 404 g/mol. The summed E-state index contributed by atoms with van der Waals surface area (Å²) in [4.78, 5) is 18.6. The Bertz CT molecular complexity index is 780. The molecule has 0 bridgehead atoms. The largest absolute Gasteiger partial charge is 0.497 e. The summed E-state index contributed by atoms with van der Waals surface area (Å²) >= 11 is 1.59. The Morgan fingerprint density at radius 1 is 1.30 bits per heavy atom. The van der Waals surface area contributed by atoms with E-state index in [-0.39, 0.29) is 35.6 Å². The molecule has 5 atom stereocenters. The lowest BCUT2D eigenvalue weighted by atomic mass is 9.89. The van der Waals surface area contributed by atoms with E-state index >= 15 is 0 Å². The molecule has 0 unspecified atom stereocenters. The normalized spacial score (nSPS) is 28.2. The number of hydrogen-bond donors (Lipinski definition) is 0. The van der Waals surface area contributed by atoms with Crippen molar-refractivity contribution >= 4 is 22.9 Å². The van der Waals surface area contributed by atoms with Crippen LogP contribution in [-0.4, -0.2) is 67.5 Å². The second kappa shape index (κ2) is 10.3. The average molecular weight is 435 g/mol. The number of carbonyl (C=O) groups excluding carboxylic acids is 1. The quantitative estimate of drug-likeness (QED) is 0.482. The van der Waals surface area contributed by atoms with Gasteiger partial charge >= 0.3 is 5.97 Å². The fraction of sp³-hybridized carbons (Fsp3) is 0.545. The number of esters is 1. The molecule has 2 heterocycles. The molecule has 7 nitrogen and oxygen atoms in total. The molecule has 0 saturated carbocycles. The van der Waals surface area contributed by atoms with Crippen molar-refractivity contribution in [2.75, 3.05) is 27.8 Å². The molecule has 0 N–H and O–H groups in total. The van der Waals surface area contributed by atoms with Crippen LogP contribution in [0.5, 0.6) is 5.75 Å². The Balaban J connectivity index is 1.75. The van der Waals surface area contributed by atoms with Gasteiger partial charge in [0.1, 0.15) is 17.2 Å². The summed E-state index contributed by atoms with van der Waals surface area (Å²) < 4.78 is 22.9. The van der Waals surface area contributed by atoms with Crippen LogP contribution in [0.15, 0.2) is 41.4 Å². The number of carbonyl (C=O) groups is 1. The SMILES string of the molecule is CCOC(=O)/C=C/[C@H]1O[C@@H]2SC(N(C)C)=N[C@@H]2[C@@H](OCc2ccc(OC)cc2)[C@@H]1C. The van der Waals surface area contributed by atoms with Crippen molar-refractivity contribution < 1.29 is 23.7 Å². The minimum atomic E-state index is -0.365. The van der Waals surface area contributed by atoms with Crippen LogP contribution in [0.1, 0.15) is 19.4 Å². The van der Waals surface area contributed by atoms with Crippen molar-refractivity contribution in [3.8, 4) is 5.75 Å². The Morgan fingerprint density at radius 3 is 2.67 bits per heavy atom. The minimum absolute atomic E-state index is 0.0148. The fourth-order valence-electron chi connectivity index (χ4n) is 3.48. The van der Waals surface area contributed by atoms with E-state index in [4.69, 9.17) is 23.9 Å². The van der Waals surface area contributed by atoms with Gasteiger partial charge in [-0.15, -0.1) is 0 Å². The molecule has 0 radical (unpaired) electrons. The highest BCUT2D eigenvalue weighted by Gasteiger charge is 2.48. The number of amidine groups is 1. The number of hydrogen-bond acceptors (Lipinski definition) is 8. The Morgan fingerprint density at radius 2 is 2.03 bits per heavy atom. The highest BCUT2D eigenvalue weighted by molar-refractivity contribution is 8.14. The second-order valence-corrected chi connectivity index (χ2v) is 8.54. The lowest BCUT2D eigenvalue weighted by Crippen LogP contribution is -2.50. The third-order valence-corrected chi connectivity index (χ3v) is 6.42. The first kappa shape index (κ1) is 22.7. The Kier molecular flexibility index (Phi) is 7.80. The first-order valence-electron chi connectivity index (χ1n) is 10.1. The maximum absolute atomic E-state index is 11.8. The lowest BCUT2D eigenvalue weighted by Gasteiger charge is -2.40. The van der Waals surface area contributed by atoms with Gasteiger partial charge in [-0.1, -0.05) is 30.8 Å². The molecule has 164 valence electrons. The van der Waals surface area contributed by atoms with Gasteiger partial charge < -0.3 is 23.8 Å². The van der Waals surface area contributed by atoms with Gasteiger partial charge in [0, 0.05) is 26.1 Å². The Hall–Kier alpha value is -2.03. The molecule has 0 spiro atoms. The molecule has 0 amide bonds. The zero-order valence-corrected chi connectivity index (χ0v) is 18.9. The van der Waals surface area contributed by atoms with E-state index < -0.39 is 0 Å². The van der Waals surface area contributed by atoms with Crippen LogP contribution in [0.4, 0.5) is 0 Å². The third-order valence-electron chi connectivity index (χ3n) is 5.12. The van der Waals surface area contributed by atoms with Crippen LogP contribution in [0, 0.1) is 5.92 Å². The first-order chi connectivity index (χ1) is 14.4. The van der Waals surface area contributed by atoms with E-state index in [9.17, 15) is 4.79 Å². The number of aliphatic imine (C=N–C) groups is 1. The zero-order valence-electron chi connectivity index (χ0n) is 18.1. The molecule has 0 aliphatic carbocycles. The van der Waals surface area contributed by atoms with Crippen molar-refractivity contribution in [2.24, 2.45) is 10.9 Å². The highest BCUT2D eigenvalue weighted by Crippen LogP contribution is 2.41. The van der Waals surface area contributed by atoms with Crippen LogP contribution in [0.25, 0.3) is 0 Å². The number of methoxy groups -OCH3 is 1. The molecule has 0 aromatic heterocycles. The predicted molar refractivity (Wildman–Crippen MR) is 118 cm³/mol. The van der Waals surface area contributed by atoms with Gasteiger partial charge in [-0.3, -0.25) is 4.99 Å². The fourth-order valence-corrected chi connectivity index (χ4v) is 4.62. The summed E-state index contributed by atoms with van der Waals surface area (Å²) in [6, 6.07) is 7.74. The summed E-state index contributed by atoms with van der Waals surface area (Å²) in [7, 11) is 5.59. The number of benzene rings is 1. The molecule has 1 aromatic carbocycles. The van der Waals surface area contributed by atoms with Crippen LogP contribution >= 0.6 is 11.8 Å². The average Bonchev–Trinajstić information content (AvgIpc) is 3.16. The summed E-state index contributed by atoms with van der Waals surface area (Å²) in [6.45, 7) is 4.67. The maximum Gasteiger partial charge on any atom is 0.330 e. The molecular formula is C22H30N2O5S. The van der Waals surface area contributed by atoms with E-state index in [0.717, 1.165) is 16.5 Å². The van der Waals surface area contributed by atoms with Gasteiger partial charge in [0.05, 0.1) is 32.5 Å². The smallest absolute Gasteiger partial charge is 0.330 e. The minimum Gasteiger partial charge on any atom is -0.497 e. The summed E-state index contributed by atoms with van der Waals surface area (Å²) in [5, 5.41) is 0.922. The van der Waals surface area contributed by atoms with Crippen LogP contribution in [0.2, 0.25) is 0 Å². The maximum atomic E-state index is 11.8. The van der Waals surface area contributed by atoms with Crippen molar-refractivity contribution in [3.05, 3.63) is 42.0 Å². The van der Waals surface area contributed by atoms with Crippen LogP contribution in [-0.2, 0) is 25.6 Å². The van der Waals surface area contributed by atoms with Crippen molar-refractivity contribution in [2.45, 2.75) is 44.1 Å². The topological polar surface area (TPSA) is 69.6 Å². The van der Waals surface area contributed by atoms with Crippen LogP contribution < -0.4 is 4.74 Å². The van der Waals surface area contributed by atoms with Crippen molar-refractivity contribution in [1.29, 1.82) is 0 Å².